The Bertz CT molecular complexity index is 295. The van der Waals surface area contributed by atoms with E-state index in [9.17, 15) is 4.79 Å². The number of piperidine rings is 1. The number of rotatable bonds is 1. The molecule has 0 spiro atoms. The summed E-state index contributed by atoms with van der Waals surface area (Å²) >= 11 is 0. The first-order valence-electron chi connectivity index (χ1n) is 6.85. The SMILES string of the molecule is CN1CCC2CCN(C(=O)CC(C)(C)C)C2C1. The molecule has 0 aromatic rings. The Morgan fingerprint density at radius 1 is 1.24 bits per heavy atom. The molecule has 0 aromatic heterocycles. The van der Waals surface area contributed by atoms with Crippen LogP contribution in [0.1, 0.15) is 40.0 Å². The number of fused-ring (bicyclic) bond motifs is 1. The number of amides is 1. The number of carbonyl (C=O) groups is 1. The third-order valence-electron chi connectivity index (χ3n) is 4.07. The molecule has 17 heavy (non-hydrogen) atoms. The predicted octanol–water partition coefficient (Wildman–Crippen LogP) is 1.98. The van der Waals surface area contributed by atoms with Crippen LogP contribution in [0.25, 0.3) is 0 Å². The highest BCUT2D eigenvalue weighted by atomic mass is 16.2. The molecule has 2 fully saturated rings. The van der Waals surface area contributed by atoms with Gasteiger partial charge in [-0.3, -0.25) is 4.79 Å². The Balaban J connectivity index is 1.99. The van der Waals surface area contributed by atoms with E-state index in [0.29, 0.717) is 18.4 Å². The van der Waals surface area contributed by atoms with E-state index in [0.717, 1.165) is 19.0 Å². The molecule has 2 heterocycles. The molecule has 0 bridgehead atoms. The molecule has 2 rings (SSSR count). The van der Waals surface area contributed by atoms with Gasteiger partial charge in [0.1, 0.15) is 0 Å². The van der Waals surface area contributed by atoms with E-state index in [1.807, 2.05) is 0 Å². The first-order chi connectivity index (χ1) is 7.87. The van der Waals surface area contributed by atoms with Crippen molar-refractivity contribution in [1.29, 1.82) is 0 Å². The van der Waals surface area contributed by atoms with Crippen molar-refractivity contribution < 1.29 is 4.79 Å². The van der Waals surface area contributed by atoms with Crippen molar-refractivity contribution >= 4 is 5.91 Å². The van der Waals surface area contributed by atoms with Gasteiger partial charge in [0.05, 0.1) is 0 Å². The maximum absolute atomic E-state index is 12.3. The average Bonchev–Trinajstić information content (AvgIpc) is 2.57. The van der Waals surface area contributed by atoms with E-state index < -0.39 is 0 Å². The zero-order valence-corrected chi connectivity index (χ0v) is 11.7. The third kappa shape index (κ3) is 3.01. The molecule has 0 aromatic carbocycles. The van der Waals surface area contributed by atoms with Crippen LogP contribution in [0.3, 0.4) is 0 Å². The maximum atomic E-state index is 12.3. The smallest absolute Gasteiger partial charge is 0.223 e. The molecule has 2 aliphatic rings. The highest BCUT2D eigenvalue weighted by molar-refractivity contribution is 5.77. The second-order valence-electron chi connectivity index (χ2n) is 6.99. The summed E-state index contributed by atoms with van der Waals surface area (Å²) in [5.74, 6) is 1.12. The molecule has 1 amide bonds. The zero-order chi connectivity index (χ0) is 12.6. The van der Waals surface area contributed by atoms with E-state index in [-0.39, 0.29) is 5.41 Å². The molecule has 3 heteroatoms. The van der Waals surface area contributed by atoms with Gasteiger partial charge >= 0.3 is 0 Å². The van der Waals surface area contributed by atoms with Crippen LogP contribution in [0.15, 0.2) is 0 Å². The van der Waals surface area contributed by atoms with Gasteiger partial charge in [0.2, 0.25) is 5.91 Å². The fourth-order valence-corrected chi connectivity index (χ4v) is 3.16. The minimum absolute atomic E-state index is 0.107. The lowest BCUT2D eigenvalue weighted by Gasteiger charge is -2.37. The standard InChI is InChI=1S/C14H26N2O/c1-14(2,3)9-13(17)16-8-6-11-5-7-15(4)10-12(11)16/h11-12H,5-10H2,1-4H3. The Kier molecular flexibility index (Phi) is 3.48. The second-order valence-corrected chi connectivity index (χ2v) is 6.99. The number of hydrogen-bond acceptors (Lipinski definition) is 2. The van der Waals surface area contributed by atoms with Gasteiger partial charge in [0.15, 0.2) is 0 Å². The van der Waals surface area contributed by atoms with Crippen LogP contribution >= 0.6 is 0 Å². The van der Waals surface area contributed by atoms with Gasteiger partial charge in [-0.15, -0.1) is 0 Å². The van der Waals surface area contributed by atoms with Crippen LogP contribution in [0.5, 0.6) is 0 Å². The summed E-state index contributed by atoms with van der Waals surface area (Å²) in [7, 11) is 2.17. The summed E-state index contributed by atoms with van der Waals surface area (Å²) in [5.41, 5.74) is 0.107. The lowest BCUT2D eigenvalue weighted by molar-refractivity contribution is -0.135. The van der Waals surface area contributed by atoms with Gasteiger partial charge in [0, 0.05) is 25.6 Å². The van der Waals surface area contributed by atoms with E-state index in [2.05, 4.69) is 37.6 Å². The van der Waals surface area contributed by atoms with Crippen LogP contribution in [-0.4, -0.2) is 48.4 Å². The average molecular weight is 238 g/mol. The number of hydrogen-bond donors (Lipinski definition) is 0. The van der Waals surface area contributed by atoms with E-state index in [1.165, 1.54) is 19.4 Å². The fourth-order valence-electron chi connectivity index (χ4n) is 3.16. The first-order valence-corrected chi connectivity index (χ1v) is 6.85. The van der Waals surface area contributed by atoms with Crippen LogP contribution < -0.4 is 0 Å². The third-order valence-corrected chi connectivity index (χ3v) is 4.07. The Labute approximate surface area is 105 Å². The molecule has 0 N–H and O–H groups in total. The minimum atomic E-state index is 0.107. The van der Waals surface area contributed by atoms with Crippen molar-refractivity contribution in [2.75, 3.05) is 26.7 Å². The van der Waals surface area contributed by atoms with Gasteiger partial charge in [0.25, 0.3) is 0 Å². The molecule has 2 unspecified atom stereocenters. The largest absolute Gasteiger partial charge is 0.338 e. The van der Waals surface area contributed by atoms with Crippen LogP contribution in [0, 0.1) is 11.3 Å². The molecule has 0 saturated carbocycles. The highest BCUT2D eigenvalue weighted by Crippen LogP contribution is 2.33. The molecule has 0 aliphatic carbocycles. The number of likely N-dealkylation sites (tertiary alicyclic amines) is 2. The Morgan fingerprint density at radius 2 is 1.88 bits per heavy atom. The van der Waals surface area contributed by atoms with E-state index in [4.69, 9.17) is 0 Å². The van der Waals surface area contributed by atoms with Crippen molar-refractivity contribution in [2.24, 2.45) is 11.3 Å². The summed E-state index contributed by atoms with van der Waals surface area (Å²) < 4.78 is 0. The molecular formula is C14H26N2O. The number of nitrogens with zero attached hydrogens (tertiary/aromatic N) is 2. The summed E-state index contributed by atoms with van der Waals surface area (Å²) in [5, 5.41) is 0. The van der Waals surface area contributed by atoms with E-state index in [1.54, 1.807) is 0 Å². The predicted molar refractivity (Wildman–Crippen MR) is 69.8 cm³/mol. The molecular weight excluding hydrogens is 212 g/mol. The number of carbonyl (C=O) groups excluding carboxylic acids is 1. The van der Waals surface area contributed by atoms with Crippen molar-refractivity contribution in [3.8, 4) is 0 Å². The molecule has 2 atom stereocenters. The lowest BCUT2D eigenvalue weighted by atomic mass is 9.90. The Hall–Kier alpha value is -0.570. The normalized spacial score (nSPS) is 30.5. The van der Waals surface area contributed by atoms with Crippen LogP contribution in [0.4, 0.5) is 0 Å². The Morgan fingerprint density at radius 3 is 2.53 bits per heavy atom. The molecule has 98 valence electrons. The zero-order valence-electron chi connectivity index (χ0n) is 11.7. The van der Waals surface area contributed by atoms with Crippen molar-refractivity contribution in [3.63, 3.8) is 0 Å². The van der Waals surface area contributed by atoms with Gasteiger partial charge in [-0.05, 0) is 37.8 Å². The lowest BCUT2D eigenvalue weighted by Crippen LogP contribution is -2.49. The summed E-state index contributed by atoms with van der Waals surface area (Å²) in [4.78, 5) is 16.9. The van der Waals surface area contributed by atoms with Gasteiger partial charge in [-0.1, -0.05) is 20.8 Å². The summed E-state index contributed by atoms with van der Waals surface area (Å²) in [6.45, 7) is 9.68. The van der Waals surface area contributed by atoms with Crippen LogP contribution in [-0.2, 0) is 4.79 Å². The van der Waals surface area contributed by atoms with Crippen LogP contribution in [0.2, 0.25) is 0 Å². The molecule has 3 nitrogen and oxygen atoms in total. The van der Waals surface area contributed by atoms with E-state index >= 15 is 0 Å². The van der Waals surface area contributed by atoms with Crippen molar-refractivity contribution in [1.82, 2.24) is 9.80 Å². The topological polar surface area (TPSA) is 23.6 Å². The first kappa shape index (κ1) is 12.9. The highest BCUT2D eigenvalue weighted by Gasteiger charge is 2.40. The molecule has 2 saturated heterocycles. The quantitative estimate of drug-likeness (QED) is 0.697. The van der Waals surface area contributed by atoms with Gasteiger partial charge in [-0.2, -0.15) is 0 Å². The molecule has 2 aliphatic heterocycles. The maximum Gasteiger partial charge on any atom is 0.223 e. The van der Waals surface area contributed by atoms with Gasteiger partial charge < -0.3 is 9.80 Å². The minimum Gasteiger partial charge on any atom is -0.338 e. The fraction of sp³-hybridized carbons (Fsp3) is 0.929. The summed E-state index contributed by atoms with van der Waals surface area (Å²) in [6.07, 6.45) is 3.16. The monoisotopic (exact) mass is 238 g/mol. The summed E-state index contributed by atoms with van der Waals surface area (Å²) in [6, 6.07) is 0.489. The van der Waals surface area contributed by atoms with Gasteiger partial charge in [-0.25, -0.2) is 0 Å². The second kappa shape index (κ2) is 4.60. The number of likely N-dealkylation sites (N-methyl/N-ethyl adjacent to an activating group) is 1. The van der Waals surface area contributed by atoms with Crippen molar-refractivity contribution in [3.05, 3.63) is 0 Å². The van der Waals surface area contributed by atoms with Crippen molar-refractivity contribution in [2.45, 2.75) is 46.1 Å². The molecule has 0 radical (unpaired) electrons.